The van der Waals surface area contributed by atoms with E-state index < -0.39 is 17.3 Å². The molecule has 0 aromatic heterocycles. The van der Waals surface area contributed by atoms with Crippen LogP contribution in [0.1, 0.15) is 29.0 Å². The first-order valence-corrected chi connectivity index (χ1v) is 10.5. The molecule has 0 bridgehead atoms. The normalized spacial score (nSPS) is 27.9. The van der Waals surface area contributed by atoms with Crippen LogP contribution in [0.3, 0.4) is 0 Å². The van der Waals surface area contributed by atoms with Gasteiger partial charge in [-0.2, -0.15) is 0 Å². The summed E-state index contributed by atoms with van der Waals surface area (Å²) < 4.78 is 23.1. The number of ether oxygens (including phenoxy) is 4. The highest BCUT2D eigenvalue weighted by Crippen LogP contribution is 2.68. The Hall–Kier alpha value is -3.22. The summed E-state index contributed by atoms with van der Waals surface area (Å²) in [5.41, 5.74) is -0.875. The Morgan fingerprint density at radius 3 is 2.19 bits per heavy atom. The molecular weight excluding hydrogens is 408 g/mol. The highest BCUT2D eigenvalue weighted by molar-refractivity contribution is 5.62. The summed E-state index contributed by atoms with van der Waals surface area (Å²) in [6.45, 7) is 0. The topological polar surface area (TPSA) is 77.4 Å². The molecule has 3 aromatic carbocycles. The van der Waals surface area contributed by atoms with E-state index in [1.54, 1.807) is 26.4 Å². The lowest BCUT2D eigenvalue weighted by molar-refractivity contribution is -0.150. The quantitative estimate of drug-likeness (QED) is 0.637. The number of fused-ring (bicyclic) bond motifs is 3. The van der Waals surface area contributed by atoms with E-state index in [0.717, 1.165) is 11.1 Å². The minimum absolute atomic E-state index is 0.319. The van der Waals surface area contributed by atoms with Gasteiger partial charge in [0.05, 0.1) is 33.0 Å². The Kier molecular flexibility index (Phi) is 4.80. The summed E-state index contributed by atoms with van der Waals surface area (Å²) in [6.07, 6.45) is -0.764. The molecule has 32 heavy (non-hydrogen) atoms. The van der Waals surface area contributed by atoms with Crippen molar-refractivity contribution < 1.29 is 29.2 Å². The highest BCUT2D eigenvalue weighted by Gasteiger charge is 2.73. The van der Waals surface area contributed by atoms with Gasteiger partial charge in [-0.1, -0.05) is 42.5 Å². The van der Waals surface area contributed by atoms with E-state index in [0.29, 0.717) is 35.0 Å². The van der Waals surface area contributed by atoms with Gasteiger partial charge in [0, 0.05) is 18.1 Å². The molecule has 1 saturated carbocycles. The number of hydrogen-bond acceptors (Lipinski definition) is 6. The largest absolute Gasteiger partial charge is 0.497 e. The fourth-order valence-corrected chi connectivity index (χ4v) is 5.42. The molecule has 5 rings (SSSR count). The van der Waals surface area contributed by atoms with Crippen molar-refractivity contribution in [2.45, 2.75) is 29.6 Å². The average Bonchev–Trinajstić information content (AvgIpc) is 3.24. The number of aliphatic hydroxyl groups excluding tert-OH is 1. The van der Waals surface area contributed by atoms with Crippen molar-refractivity contribution in [1.29, 1.82) is 0 Å². The van der Waals surface area contributed by atoms with Crippen LogP contribution in [0.25, 0.3) is 0 Å². The molecule has 3 aromatic rings. The van der Waals surface area contributed by atoms with Crippen LogP contribution in [0.4, 0.5) is 0 Å². The molecule has 166 valence electrons. The van der Waals surface area contributed by atoms with Crippen LogP contribution >= 0.6 is 0 Å². The molecule has 4 unspecified atom stereocenters. The second-order valence-electron chi connectivity index (χ2n) is 8.25. The SMILES string of the molecule is COc1ccc(C23Oc4cc(OC)cc(OC)c4C2(O)C(O)CC3c2ccccc2)cc1. The third kappa shape index (κ3) is 2.60. The van der Waals surface area contributed by atoms with Gasteiger partial charge in [-0.05, 0) is 29.7 Å². The number of aliphatic hydroxyl groups is 2. The van der Waals surface area contributed by atoms with Gasteiger partial charge >= 0.3 is 0 Å². The number of benzene rings is 3. The number of hydrogen-bond donors (Lipinski definition) is 2. The predicted molar refractivity (Wildman–Crippen MR) is 119 cm³/mol. The monoisotopic (exact) mass is 434 g/mol. The molecule has 6 heteroatoms. The first-order valence-electron chi connectivity index (χ1n) is 10.5. The zero-order valence-corrected chi connectivity index (χ0v) is 18.2. The zero-order valence-electron chi connectivity index (χ0n) is 18.2. The fourth-order valence-electron chi connectivity index (χ4n) is 5.42. The summed E-state index contributed by atoms with van der Waals surface area (Å²) in [6, 6.07) is 20.7. The van der Waals surface area contributed by atoms with E-state index in [1.807, 2.05) is 54.6 Å². The highest BCUT2D eigenvalue weighted by atomic mass is 16.5. The van der Waals surface area contributed by atoms with Crippen molar-refractivity contribution in [2.24, 2.45) is 0 Å². The van der Waals surface area contributed by atoms with Crippen molar-refractivity contribution in [1.82, 2.24) is 0 Å². The van der Waals surface area contributed by atoms with Gasteiger partial charge in [0.25, 0.3) is 0 Å². The van der Waals surface area contributed by atoms with Gasteiger partial charge in [-0.15, -0.1) is 0 Å². The summed E-state index contributed by atoms with van der Waals surface area (Å²) in [7, 11) is 4.70. The Morgan fingerprint density at radius 2 is 1.56 bits per heavy atom. The summed E-state index contributed by atoms with van der Waals surface area (Å²) >= 11 is 0. The fraction of sp³-hybridized carbons (Fsp3) is 0.308. The summed E-state index contributed by atoms with van der Waals surface area (Å²) in [5.74, 6) is 1.75. The molecule has 6 nitrogen and oxygen atoms in total. The van der Waals surface area contributed by atoms with Crippen LogP contribution in [-0.2, 0) is 11.2 Å². The Labute approximate surface area is 186 Å². The van der Waals surface area contributed by atoms with Crippen LogP contribution in [0.2, 0.25) is 0 Å². The maximum absolute atomic E-state index is 12.4. The number of rotatable bonds is 5. The third-order valence-electron chi connectivity index (χ3n) is 6.87. The second kappa shape index (κ2) is 7.43. The molecule has 4 atom stereocenters. The first kappa shape index (κ1) is 20.7. The molecule has 2 N–H and O–H groups in total. The molecule has 1 heterocycles. The standard InChI is InChI=1S/C26H26O6/c1-29-18-11-9-17(10-12-18)26-20(16-7-5-4-6-8-16)15-23(27)25(26,28)24-21(31-3)13-19(30-2)14-22(24)32-26/h4-14,20,23,27-28H,15H2,1-3H3. The molecule has 2 aliphatic rings. The van der Waals surface area contributed by atoms with Crippen molar-refractivity contribution in [3.63, 3.8) is 0 Å². The summed E-state index contributed by atoms with van der Waals surface area (Å²) in [4.78, 5) is 0. The smallest absolute Gasteiger partial charge is 0.176 e. The van der Waals surface area contributed by atoms with Crippen molar-refractivity contribution in [2.75, 3.05) is 21.3 Å². The van der Waals surface area contributed by atoms with Gasteiger partial charge in [0.1, 0.15) is 23.0 Å². The van der Waals surface area contributed by atoms with E-state index >= 15 is 0 Å². The van der Waals surface area contributed by atoms with Crippen LogP contribution in [0.5, 0.6) is 23.0 Å². The lowest BCUT2D eigenvalue weighted by Gasteiger charge is -2.40. The maximum Gasteiger partial charge on any atom is 0.176 e. The van der Waals surface area contributed by atoms with E-state index in [4.69, 9.17) is 18.9 Å². The molecule has 0 radical (unpaired) electrons. The van der Waals surface area contributed by atoms with E-state index in [-0.39, 0.29) is 5.92 Å². The van der Waals surface area contributed by atoms with Crippen molar-refractivity contribution in [3.8, 4) is 23.0 Å². The van der Waals surface area contributed by atoms with Crippen LogP contribution < -0.4 is 18.9 Å². The second-order valence-corrected chi connectivity index (χ2v) is 8.25. The molecule has 1 fully saturated rings. The van der Waals surface area contributed by atoms with Gasteiger partial charge in [-0.3, -0.25) is 0 Å². The first-order chi connectivity index (χ1) is 15.5. The van der Waals surface area contributed by atoms with E-state index in [9.17, 15) is 10.2 Å². The van der Waals surface area contributed by atoms with Crippen molar-refractivity contribution >= 4 is 0 Å². The predicted octanol–water partition coefficient (Wildman–Crippen LogP) is 3.74. The third-order valence-corrected chi connectivity index (χ3v) is 6.87. The van der Waals surface area contributed by atoms with Gasteiger partial charge in [-0.25, -0.2) is 0 Å². The Bertz CT molecular complexity index is 1130. The molecule has 0 amide bonds. The molecule has 1 aliphatic heterocycles. The van der Waals surface area contributed by atoms with Crippen LogP contribution in [-0.4, -0.2) is 37.6 Å². The van der Waals surface area contributed by atoms with Gasteiger partial charge in [0.2, 0.25) is 0 Å². The van der Waals surface area contributed by atoms with E-state index in [2.05, 4.69) is 0 Å². The lowest BCUT2D eigenvalue weighted by atomic mass is 9.71. The van der Waals surface area contributed by atoms with Gasteiger partial charge < -0.3 is 29.2 Å². The van der Waals surface area contributed by atoms with E-state index in [1.165, 1.54) is 7.11 Å². The average molecular weight is 434 g/mol. The number of methoxy groups -OCH3 is 3. The lowest BCUT2D eigenvalue weighted by Crippen LogP contribution is -2.52. The van der Waals surface area contributed by atoms with Crippen LogP contribution in [0, 0.1) is 0 Å². The Morgan fingerprint density at radius 1 is 0.875 bits per heavy atom. The zero-order chi connectivity index (χ0) is 22.5. The van der Waals surface area contributed by atoms with Crippen molar-refractivity contribution in [3.05, 3.63) is 83.4 Å². The molecule has 0 spiro atoms. The van der Waals surface area contributed by atoms with Gasteiger partial charge in [0.15, 0.2) is 11.2 Å². The van der Waals surface area contributed by atoms with Crippen LogP contribution in [0.15, 0.2) is 66.7 Å². The summed E-state index contributed by atoms with van der Waals surface area (Å²) in [5, 5.41) is 23.7. The molecule has 0 saturated heterocycles. The minimum Gasteiger partial charge on any atom is -0.497 e. The molecular formula is C26H26O6. The Balaban J connectivity index is 1.80. The minimum atomic E-state index is -1.74. The maximum atomic E-state index is 12.4. The molecule has 1 aliphatic carbocycles.